The second kappa shape index (κ2) is 10.7. The van der Waals surface area contributed by atoms with Gasteiger partial charge in [0.15, 0.2) is 0 Å². The van der Waals surface area contributed by atoms with Crippen molar-refractivity contribution >= 4 is 7.82 Å². The number of phosphoric ester groups is 1. The Hall–Kier alpha value is 0.0700. The smallest absolute Gasteiger partial charge is 0.267 e. The van der Waals surface area contributed by atoms with Gasteiger partial charge in [0.2, 0.25) is 0 Å². The zero-order valence-corrected chi connectivity index (χ0v) is 14.5. The first-order chi connectivity index (χ1) is 9.39. The normalized spacial score (nSPS) is 17.6. The summed E-state index contributed by atoms with van der Waals surface area (Å²) in [5, 5.41) is 0. The lowest BCUT2D eigenvalue weighted by Crippen LogP contribution is -2.41. The summed E-state index contributed by atoms with van der Waals surface area (Å²) in [6.45, 7) is 10.6. The summed E-state index contributed by atoms with van der Waals surface area (Å²) in [6, 6.07) is 0. The van der Waals surface area contributed by atoms with E-state index in [0.29, 0.717) is 12.8 Å². The first kappa shape index (κ1) is 20.1. The molecule has 0 bridgehead atoms. The van der Waals surface area contributed by atoms with Gasteiger partial charge in [-0.25, -0.2) is 0 Å². The number of quaternary nitrogens is 1. The lowest BCUT2D eigenvalue weighted by molar-refractivity contribution is -0.897. The largest absolute Gasteiger partial charge is 0.756 e. The molecule has 122 valence electrons. The van der Waals surface area contributed by atoms with Gasteiger partial charge in [-0.15, -0.1) is 0 Å². The fraction of sp³-hybridized carbons (Fsp3) is 1.00. The van der Waals surface area contributed by atoms with Crippen LogP contribution in [0.4, 0.5) is 0 Å². The van der Waals surface area contributed by atoms with E-state index in [2.05, 4.69) is 23.0 Å². The molecule has 0 atom stereocenters. The first-order valence-electron chi connectivity index (χ1n) is 7.82. The number of likely N-dealkylation sites (tertiary alicyclic amines) is 1. The molecule has 0 unspecified atom stereocenters. The van der Waals surface area contributed by atoms with Crippen LogP contribution in [0.3, 0.4) is 0 Å². The predicted octanol–water partition coefficient (Wildman–Crippen LogP) is 2.94. The SMILES string of the molecule is CCCOP(=O)([O-])OCCC.CCC[N+]1(C)CCCC1. The van der Waals surface area contributed by atoms with Gasteiger partial charge in [-0.3, -0.25) is 4.57 Å². The molecule has 0 spiro atoms. The van der Waals surface area contributed by atoms with Crippen molar-refractivity contribution in [3.8, 4) is 0 Å². The topological polar surface area (TPSA) is 58.6 Å². The monoisotopic (exact) mass is 309 g/mol. The molecule has 6 heteroatoms. The Morgan fingerprint density at radius 2 is 1.45 bits per heavy atom. The van der Waals surface area contributed by atoms with E-state index in [9.17, 15) is 9.46 Å². The Balaban J connectivity index is 0.000000367. The minimum atomic E-state index is -3.98. The molecule has 1 aliphatic heterocycles. The van der Waals surface area contributed by atoms with Crippen LogP contribution in [0.25, 0.3) is 0 Å². The van der Waals surface area contributed by atoms with Crippen molar-refractivity contribution in [2.24, 2.45) is 0 Å². The van der Waals surface area contributed by atoms with Crippen LogP contribution < -0.4 is 4.89 Å². The highest BCUT2D eigenvalue weighted by Gasteiger charge is 2.24. The molecule has 1 heterocycles. The summed E-state index contributed by atoms with van der Waals surface area (Å²) in [5.74, 6) is 0. The molecular formula is C14H32NO4P. The lowest BCUT2D eigenvalue weighted by Gasteiger charge is -2.28. The molecule has 1 rings (SSSR count). The zero-order chi connectivity index (χ0) is 15.5. The Labute approximate surface area is 124 Å². The summed E-state index contributed by atoms with van der Waals surface area (Å²) < 4.78 is 21.0. The Morgan fingerprint density at radius 3 is 1.80 bits per heavy atom. The van der Waals surface area contributed by atoms with Crippen LogP contribution in [0.15, 0.2) is 0 Å². The zero-order valence-electron chi connectivity index (χ0n) is 13.6. The summed E-state index contributed by atoms with van der Waals surface area (Å²) >= 11 is 0. The van der Waals surface area contributed by atoms with Crippen LogP contribution in [-0.2, 0) is 13.6 Å². The van der Waals surface area contributed by atoms with Gasteiger partial charge in [-0.2, -0.15) is 0 Å². The summed E-state index contributed by atoms with van der Waals surface area (Å²) in [4.78, 5) is 10.7. The van der Waals surface area contributed by atoms with Crippen LogP contribution in [-0.4, -0.2) is 44.4 Å². The van der Waals surface area contributed by atoms with Crippen molar-refractivity contribution in [1.29, 1.82) is 0 Å². The van der Waals surface area contributed by atoms with Crippen LogP contribution in [0, 0.1) is 0 Å². The van der Waals surface area contributed by atoms with Crippen molar-refractivity contribution in [1.82, 2.24) is 0 Å². The highest BCUT2D eigenvalue weighted by molar-refractivity contribution is 7.45. The number of phosphoric acid groups is 1. The van der Waals surface area contributed by atoms with E-state index in [4.69, 9.17) is 0 Å². The second-order valence-corrected chi connectivity index (χ2v) is 7.02. The van der Waals surface area contributed by atoms with E-state index in [1.54, 1.807) is 0 Å². The third kappa shape index (κ3) is 9.89. The summed E-state index contributed by atoms with van der Waals surface area (Å²) in [5.41, 5.74) is 0. The van der Waals surface area contributed by atoms with E-state index < -0.39 is 7.82 Å². The molecule has 0 aromatic heterocycles. The van der Waals surface area contributed by atoms with Gasteiger partial charge in [0.05, 0.1) is 39.9 Å². The van der Waals surface area contributed by atoms with Gasteiger partial charge >= 0.3 is 0 Å². The number of nitrogens with zero attached hydrogens (tertiary/aromatic N) is 1. The molecule has 5 nitrogen and oxygen atoms in total. The van der Waals surface area contributed by atoms with Crippen LogP contribution in [0.1, 0.15) is 52.9 Å². The predicted molar refractivity (Wildman–Crippen MR) is 80.4 cm³/mol. The number of rotatable bonds is 8. The number of hydrogen-bond acceptors (Lipinski definition) is 4. The van der Waals surface area contributed by atoms with Gasteiger partial charge < -0.3 is 18.4 Å². The van der Waals surface area contributed by atoms with Gasteiger partial charge in [0.25, 0.3) is 7.82 Å². The van der Waals surface area contributed by atoms with E-state index in [1.165, 1.54) is 43.4 Å². The molecule has 1 saturated heterocycles. The first-order valence-corrected chi connectivity index (χ1v) is 9.29. The molecule has 1 aliphatic rings. The standard InChI is InChI=1S/C8H18N.C6H15O4P/c1-3-6-9(2)7-4-5-8-9;1-3-5-9-11(7,8)10-6-4-2/h3-8H2,1-2H3;3-6H2,1-2H3,(H,7,8)/q+1;/p-1. The minimum absolute atomic E-state index is 0.199. The van der Waals surface area contributed by atoms with Crippen molar-refractivity contribution in [3.63, 3.8) is 0 Å². The summed E-state index contributed by atoms with van der Waals surface area (Å²) in [6.07, 6.45) is 5.59. The van der Waals surface area contributed by atoms with E-state index in [1.807, 2.05) is 13.8 Å². The second-order valence-electron chi connectivity index (χ2n) is 5.61. The third-order valence-corrected chi connectivity index (χ3v) is 4.31. The third-order valence-electron chi connectivity index (χ3n) is 3.32. The van der Waals surface area contributed by atoms with Gasteiger partial charge in [0, 0.05) is 12.8 Å². The van der Waals surface area contributed by atoms with Crippen molar-refractivity contribution in [2.75, 3.05) is 39.9 Å². The van der Waals surface area contributed by atoms with Crippen molar-refractivity contribution < 1.29 is 23.0 Å². The van der Waals surface area contributed by atoms with E-state index in [-0.39, 0.29) is 13.2 Å². The molecule has 0 saturated carbocycles. The fourth-order valence-corrected chi connectivity index (χ4v) is 3.19. The lowest BCUT2D eigenvalue weighted by atomic mass is 10.4. The quantitative estimate of drug-likeness (QED) is 0.511. The van der Waals surface area contributed by atoms with Gasteiger partial charge in [0.1, 0.15) is 0 Å². The average molecular weight is 309 g/mol. The van der Waals surface area contributed by atoms with Crippen LogP contribution >= 0.6 is 7.82 Å². The van der Waals surface area contributed by atoms with Crippen LogP contribution in [0.5, 0.6) is 0 Å². The molecule has 0 amide bonds. The Bertz CT molecular complexity index is 268. The molecule has 20 heavy (non-hydrogen) atoms. The molecule has 0 aromatic rings. The van der Waals surface area contributed by atoms with Gasteiger partial charge in [-0.05, 0) is 19.3 Å². The maximum absolute atomic E-state index is 10.7. The minimum Gasteiger partial charge on any atom is -0.756 e. The Morgan fingerprint density at radius 1 is 1.00 bits per heavy atom. The molecular weight excluding hydrogens is 277 g/mol. The van der Waals surface area contributed by atoms with Crippen molar-refractivity contribution in [2.45, 2.75) is 52.9 Å². The molecule has 0 aromatic carbocycles. The van der Waals surface area contributed by atoms with Crippen molar-refractivity contribution in [3.05, 3.63) is 0 Å². The van der Waals surface area contributed by atoms with Crippen LogP contribution in [0.2, 0.25) is 0 Å². The molecule has 0 aliphatic carbocycles. The fourth-order valence-electron chi connectivity index (χ4n) is 2.31. The highest BCUT2D eigenvalue weighted by Crippen LogP contribution is 2.38. The maximum Gasteiger partial charge on any atom is 0.267 e. The van der Waals surface area contributed by atoms with E-state index >= 15 is 0 Å². The molecule has 1 fully saturated rings. The molecule has 0 radical (unpaired) electrons. The maximum atomic E-state index is 10.7. The Kier molecular flexibility index (Phi) is 10.8. The van der Waals surface area contributed by atoms with Gasteiger partial charge in [-0.1, -0.05) is 20.8 Å². The highest BCUT2D eigenvalue weighted by atomic mass is 31.2. The number of hydrogen-bond donors (Lipinski definition) is 0. The molecule has 0 N–H and O–H groups in total. The van der Waals surface area contributed by atoms with E-state index in [0.717, 1.165) is 0 Å². The summed E-state index contributed by atoms with van der Waals surface area (Å²) in [7, 11) is -1.59. The average Bonchev–Trinajstić information content (AvgIpc) is 2.82.